The van der Waals surface area contributed by atoms with Gasteiger partial charge in [0.15, 0.2) is 0 Å². The summed E-state index contributed by atoms with van der Waals surface area (Å²) in [6.45, 7) is 6.56. The van der Waals surface area contributed by atoms with E-state index in [2.05, 4.69) is 45.8 Å². The van der Waals surface area contributed by atoms with E-state index in [0.717, 1.165) is 59.0 Å². The topological polar surface area (TPSA) is 89.1 Å². The summed E-state index contributed by atoms with van der Waals surface area (Å²) < 4.78 is 11.2. The second kappa shape index (κ2) is 12.1. The first-order chi connectivity index (χ1) is 18.0. The van der Waals surface area contributed by atoms with Crippen LogP contribution in [0.3, 0.4) is 0 Å². The lowest BCUT2D eigenvalue weighted by Crippen LogP contribution is -2.35. The zero-order chi connectivity index (χ0) is 26.4. The number of benzene rings is 2. The molecule has 0 bridgehead atoms. The largest absolute Gasteiger partial charge is 0.497 e. The summed E-state index contributed by atoms with van der Waals surface area (Å²) in [4.78, 5) is 18.5. The van der Waals surface area contributed by atoms with E-state index in [-0.39, 0.29) is 0 Å². The van der Waals surface area contributed by atoms with Gasteiger partial charge in [-0.1, -0.05) is 0 Å². The number of likely N-dealkylation sites (tertiary alicyclic amines) is 1. The number of fused-ring (bicyclic) bond motifs is 1. The van der Waals surface area contributed by atoms with Crippen LogP contribution in [0.25, 0.3) is 16.6 Å². The molecule has 8 nitrogen and oxygen atoms in total. The van der Waals surface area contributed by atoms with E-state index < -0.39 is 0 Å². The van der Waals surface area contributed by atoms with Crippen LogP contribution in [-0.2, 0) is 0 Å². The van der Waals surface area contributed by atoms with Crippen molar-refractivity contribution in [2.75, 3.05) is 39.3 Å². The number of hydrogen-bond acceptors (Lipinski definition) is 8. The molecule has 0 spiro atoms. The Morgan fingerprint density at radius 3 is 2.38 bits per heavy atom. The molecule has 4 rings (SSSR count). The average molecular weight is 503 g/mol. The van der Waals surface area contributed by atoms with Gasteiger partial charge in [0.2, 0.25) is 0 Å². The Kier molecular flexibility index (Phi) is 8.61. The fourth-order valence-corrected chi connectivity index (χ4v) is 5.10. The van der Waals surface area contributed by atoms with Gasteiger partial charge in [0.05, 0.1) is 37.1 Å². The molecule has 3 aromatic rings. The van der Waals surface area contributed by atoms with Crippen molar-refractivity contribution >= 4 is 34.2 Å². The lowest BCUT2D eigenvalue weighted by atomic mass is 10.1. The van der Waals surface area contributed by atoms with Crippen molar-refractivity contribution in [1.29, 1.82) is 0 Å². The molecule has 2 N–H and O–H groups in total. The van der Waals surface area contributed by atoms with Gasteiger partial charge < -0.3 is 20.1 Å². The van der Waals surface area contributed by atoms with Crippen molar-refractivity contribution in [3.05, 3.63) is 54.5 Å². The van der Waals surface area contributed by atoms with E-state index >= 15 is 0 Å². The van der Waals surface area contributed by atoms with Crippen LogP contribution in [0.15, 0.2) is 53.8 Å². The average Bonchev–Trinajstić information content (AvgIpc) is 3.25. The third-order valence-electron chi connectivity index (χ3n) is 7.16. The van der Waals surface area contributed by atoms with E-state index in [1.54, 1.807) is 33.7 Å². The number of allylic oxidation sites excluding steroid dienone is 1. The van der Waals surface area contributed by atoms with Crippen LogP contribution in [-0.4, -0.2) is 67.5 Å². The monoisotopic (exact) mass is 502 g/mol. The summed E-state index contributed by atoms with van der Waals surface area (Å²) in [7, 11) is 5.06. The van der Waals surface area contributed by atoms with E-state index in [0.29, 0.717) is 17.8 Å². The molecule has 1 fully saturated rings. The van der Waals surface area contributed by atoms with Gasteiger partial charge >= 0.3 is 0 Å². The number of aliphatic imine (C=N–C) groups is 1. The minimum atomic E-state index is 0.631. The van der Waals surface area contributed by atoms with Crippen LogP contribution in [0.5, 0.6) is 11.5 Å². The van der Waals surface area contributed by atoms with Crippen LogP contribution >= 0.6 is 0 Å². The number of nitrogens with two attached hydrogens (primary N) is 1. The van der Waals surface area contributed by atoms with Gasteiger partial charge in [-0.15, -0.1) is 0 Å². The third kappa shape index (κ3) is 6.02. The summed E-state index contributed by atoms with van der Waals surface area (Å²) in [6.07, 6.45) is 8.48. The molecule has 1 aliphatic heterocycles. The molecule has 2 heterocycles. The van der Waals surface area contributed by atoms with Crippen LogP contribution < -0.4 is 20.1 Å². The van der Waals surface area contributed by atoms with E-state index in [1.807, 2.05) is 24.3 Å². The molecule has 196 valence electrons. The lowest BCUT2D eigenvalue weighted by molar-refractivity contribution is 0.213. The van der Waals surface area contributed by atoms with Gasteiger partial charge in [0, 0.05) is 79.8 Å². The standard InChI is InChI=1S/C29H38N6O2/c1-20-7-8-21(2)34(20)11-6-12-35(24-13-25(36-4)16-26(14-24)37-5)23-9-10-27-28(15-23)33-29(19-32-27)22(17-30)18-31-3/h9-10,13-21H,6-8,11-12,30H2,1-5H3/t20-,21-/m0/s1. The zero-order valence-electron chi connectivity index (χ0n) is 22.5. The van der Waals surface area contributed by atoms with Gasteiger partial charge in [-0.05, 0) is 51.3 Å². The summed E-state index contributed by atoms with van der Waals surface area (Å²) in [5, 5.41) is 0. The van der Waals surface area contributed by atoms with Crippen LogP contribution in [0.1, 0.15) is 38.8 Å². The van der Waals surface area contributed by atoms with Gasteiger partial charge in [-0.25, -0.2) is 4.98 Å². The number of nitrogens with zero attached hydrogens (tertiary/aromatic N) is 5. The van der Waals surface area contributed by atoms with Gasteiger partial charge in [-0.3, -0.25) is 14.9 Å². The van der Waals surface area contributed by atoms with Crippen molar-refractivity contribution in [2.24, 2.45) is 10.7 Å². The summed E-state index contributed by atoms with van der Waals surface area (Å²) in [5.74, 6) is 1.50. The fraction of sp³-hybridized carbons (Fsp3) is 0.414. The van der Waals surface area contributed by atoms with Crippen LogP contribution in [0.2, 0.25) is 0 Å². The number of anilines is 2. The lowest BCUT2D eigenvalue weighted by Gasteiger charge is -2.30. The summed E-state index contributed by atoms with van der Waals surface area (Å²) in [5.41, 5.74) is 10.9. The number of rotatable bonds is 10. The van der Waals surface area contributed by atoms with E-state index in [1.165, 1.54) is 19.0 Å². The fourth-order valence-electron chi connectivity index (χ4n) is 5.10. The highest BCUT2D eigenvalue weighted by atomic mass is 16.5. The normalized spacial score (nSPS) is 18.6. The Morgan fingerprint density at radius 1 is 1.05 bits per heavy atom. The van der Waals surface area contributed by atoms with E-state index in [9.17, 15) is 0 Å². The van der Waals surface area contributed by atoms with Crippen LogP contribution in [0, 0.1) is 0 Å². The van der Waals surface area contributed by atoms with Gasteiger partial charge in [-0.2, -0.15) is 0 Å². The molecule has 2 atom stereocenters. The van der Waals surface area contributed by atoms with Gasteiger partial charge in [0.25, 0.3) is 0 Å². The summed E-state index contributed by atoms with van der Waals surface area (Å²) >= 11 is 0. The Morgan fingerprint density at radius 2 is 1.76 bits per heavy atom. The Hall–Kier alpha value is -3.65. The minimum Gasteiger partial charge on any atom is -0.497 e. The zero-order valence-corrected chi connectivity index (χ0v) is 22.5. The Labute approximate surface area is 219 Å². The van der Waals surface area contributed by atoms with Crippen molar-refractivity contribution in [2.45, 2.75) is 45.2 Å². The Bertz CT molecular complexity index is 1240. The highest BCUT2D eigenvalue weighted by Crippen LogP contribution is 2.34. The predicted molar refractivity (Wildman–Crippen MR) is 152 cm³/mol. The molecule has 0 saturated carbocycles. The van der Waals surface area contributed by atoms with Crippen molar-refractivity contribution in [1.82, 2.24) is 14.9 Å². The van der Waals surface area contributed by atoms with Crippen molar-refractivity contribution in [3.8, 4) is 11.5 Å². The highest BCUT2D eigenvalue weighted by Gasteiger charge is 2.26. The molecule has 37 heavy (non-hydrogen) atoms. The molecule has 0 radical (unpaired) electrons. The quantitative estimate of drug-likeness (QED) is 0.388. The maximum Gasteiger partial charge on any atom is 0.124 e. The molecule has 0 amide bonds. The number of methoxy groups -OCH3 is 2. The Balaban J connectivity index is 1.71. The van der Waals surface area contributed by atoms with E-state index in [4.69, 9.17) is 20.2 Å². The van der Waals surface area contributed by atoms with Crippen molar-refractivity contribution in [3.63, 3.8) is 0 Å². The number of aromatic nitrogens is 2. The number of ether oxygens (including phenoxy) is 2. The molecule has 2 aromatic carbocycles. The first kappa shape index (κ1) is 26.4. The molecule has 0 unspecified atom stereocenters. The first-order valence-electron chi connectivity index (χ1n) is 12.8. The smallest absolute Gasteiger partial charge is 0.124 e. The molecular weight excluding hydrogens is 464 g/mol. The number of hydrogen-bond donors (Lipinski definition) is 1. The minimum absolute atomic E-state index is 0.631. The second-order valence-electron chi connectivity index (χ2n) is 9.53. The molecule has 1 saturated heterocycles. The highest BCUT2D eigenvalue weighted by molar-refractivity contribution is 6.09. The SMILES string of the molecule is CN=CC(=CN)c1cnc2ccc(N(CCCN3[C@@H](C)CC[C@@H]3C)c3cc(OC)cc(OC)c3)cc2n1. The first-order valence-corrected chi connectivity index (χ1v) is 12.8. The maximum absolute atomic E-state index is 5.81. The molecule has 0 aliphatic carbocycles. The second-order valence-corrected chi connectivity index (χ2v) is 9.53. The molecule has 8 heteroatoms. The van der Waals surface area contributed by atoms with Gasteiger partial charge in [0.1, 0.15) is 11.5 Å². The maximum atomic E-state index is 5.81. The van der Waals surface area contributed by atoms with Crippen molar-refractivity contribution < 1.29 is 9.47 Å². The van der Waals surface area contributed by atoms with Crippen LogP contribution in [0.4, 0.5) is 11.4 Å². The molecule has 1 aromatic heterocycles. The molecule has 1 aliphatic rings. The summed E-state index contributed by atoms with van der Waals surface area (Å²) in [6, 6.07) is 13.4. The third-order valence-corrected chi connectivity index (χ3v) is 7.16. The molecular formula is C29H38N6O2. The predicted octanol–water partition coefficient (Wildman–Crippen LogP) is 5.05.